The normalized spacial score (nSPS) is 15.9. The Balaban J connectivity index is 1.33. The van der Waals surface area contributed by atoms with E-state index in [1.54, 1.807) is 21.9 Å². The first-order valence-electron chi connectivity index (χ1n) is 8.97. The fourth-order valence-corrected chi connectivity index (χ4v) is 5.36. The number of hydrogen-bond donors (Lipinski definition) is 0. The molecular formula is C17H17N7O3S2. The highest BCUT2D eigenvalue weighted by Crippen LogP contribution is 2.22. The van der Waals surface area contributed by atoms with Gasteiger partial charge in [0.25, 0.3) is 0 Å². The smallest absolute Gasteiger partial charge is 0.220 e. The van der Waals surface area contributed by atoms with E-state index < -0.39 is 10.0 Å². The molecule has 4 aromatic heterocycles. The quantitative estimate of drug-likeness (QED) is 0.467. The third-order valence-electron chi connectivity index (χ3n) is 4.81. The third kappa shape index (κ3) is 3.50. The molecule has 150 valence electrons. The Bertz CT molecular complexity index is 1210. The summed E-state index contributed by atoms with van der Waals surface area (Å²) >= 11 is 1.59. The number of anilines is 1. The van der Waals surface area contributed by atoms with E-state index in [2.05, 4.69) is 20.3 Å². The predicted octanol–water partition coefficient (Wildman–Crippen LogP) is 1.49. The van der Waals surface area contributed by atoms with Crippen LogP contribution in [0.4, 0.5) is 5.82 Å². The van der Waals surface area contributed by atoms with E-state index in [0.717, 1.165) is 11.4 Å². The van der Waals surface area contributed by atoms with E-state index >= 15 is 0 Å². The van der Waals surface area contributed by atoms with Crippen LogP contribution in [0.2, 0.25) is 0 Å². The summed E-state index contributed by atoms with van der Waals surface area (Å²) in [4.78, 5) is 2.07. The van der Waals surface area contributed by atoms with Gasteiger partial charge in [-0.25, -0.2) is 8.42 Å². The van der Waals surface area contributed by atoms with Crippen LogP contribution in [-0.4, -0.2) is 63.9 Å². The van der Waals surface area contributed by atoms with Crippen molar-refractivity contribution in [1.29, 1.82) is 0 Å². The molecule has 5 heterocycles. The summed E-state index contributed by atoms with van der Waals surface area (Å²) in [5, 5.41) is 20.8. The van der Waals surface area contributed by atoms with Gasteiger partial charge in [-0.15, -0.1) is 15.3 Å². The summed E-state index contributed by atoms with van der Waals surface area (Å²) in [6.07, 6.45) is 1.37. The van der Waals surface area contributed by atoms with E-state index in [-0.39, 0.29) is 5.75 Å². The minimum absolute atomic E-state index is 0.154. The van der Waals surface area contributed by atoms with Crippen LogP contribution in [-0.2, 0) is 15.8 Å². The lowest BCUT2D eigenvalue weighted by Gasteiger charge is -2.34. The van der Waals surface area contributed by atoms with Crippen molar-refractivity contribution in [2.45, 2.75) is 5.75 Å². The second-order valence-corrected chi connectivity index (χ2v) is 9.38. The molecule has 5 rings (SSSR count). The highest BCUT2D eigenvalue weighted by molar-refractivity contribution is 7.88. The van der Waals surface area contributed by atoms with E-state index in [0.29, 0.717) is 43.3 Å². The van der Waals surface area contributed by atoms with Gasteiger partial charge in [-0.2, -0.15) is 20.2 Å². The van der Waals surface area contributed by atoms with Crippen molar-refractivity contribution in [1.82, 2.24) is 29.3 Å². The highest BCUT2D eigenvalue weighted by atomic mass is 32.2. The van der Waals surface area contributed by atoms with Crippen LogP contribution in [0.15, 0.2) is 45.8 Å². The van der Waals surface area contributed by atoms with Crippen LogP contribution in [0.25, 0.3) is 17.0 Å². The van der Waals surface area contributed by atoms with Crippen molar-refractivity contribution in [2.24, 2.45) is 0 Å². The zero-order valence-corrected chi connectivity index (χ0v) is 16.9. The van der Waals surface area contributed by atoms with Gasteiger partial charge in [-0.05, 0) is 23.6 Å². The second-order valence-electron chi connectivity index (χ2n) is 6.63. The molecule has 10 nitrogen and oxygen atoms in total. The summed E-state index contributed by atoms with van der Waals surface area (Å²) in [7, 11) is -3.43. The van der Waals surface area contributed by atoms with Crippen molar-refractivity contribution >= 4 is 32.8 Å². The minimum atomic E-state index is -3.43. The van der Waals surface area contributed by atoms with Gasteiger partial charge >= 0.3 is 0 Å². The van der Waals surface area contributed by atoms with Crippen LogP contribution in [0.1, 0.15) is 5.69 Å². The average molecular weight is 432 g/mol. The largest absolute Gasteiger partial charge is 0.364 e. The van der Waals surface area contributed by atoms with Gasteiger partial charge in [0.15, 0.2) is 11.5 Å². The highest BCUT2D eigenvalue weighted by Gasteiger charge is 2.28. The van der Waals surface area contributed by atoms with E-state index in [9.17, 15) is 8.42 Å². The molecule has 0 saturated carbocycles. The zero-order chi connectivity index (χ0) is 19.8. The second kappa shape index (κ2) is 7.21. The number of aromatic nitrogens is 5. The molecule has 0 aliphatic carbocycles. The van der Waals surface area contributed by atoms with Crippen molar-refractivity contribution < 1.29 is 12.9 Å². The van der Waals surface area contributed by atoms with Gasteiger partial charge in [0, 0.05) is 43.2 Å². The fraction of sp³-hybridized carbons (Fsp3) is 0.294. The van der Waals surface area contributed by atoms with Crippen LogP contribution < -0.4 is 4.90 Å². The van der Waals surface area contributed by atoms with E-state index in [1.165, 1.54) is 10.6 Å². The standard InChI is InChI=1S/C17H17N7O3S2/c25-29(26,12-14-3-9-27-21-14)23-7-5-22(6-8-23)16-2-1-15-18-19-17(24(15)20-16)13-4-10-28-11-13/h1-4,9-11H,5-8,12H2. The van der Waals surface area contributed by atoms with E-state index in [4.69, 9.17) is 9.62 Å². The number of fused-ring (bicyclic) bond motifs is 1. The minimum Gasteiger partial charge on any atom is -0.364 e. The molecule has 0 atom stereocenters. The molecule has 0 N–H and O–H groups in total. The number of rotatable bonds is 5. The van der Waals surface area contributed by atoms with Crippen LogP contribution >= 0.6 is 11.3 Å². The fourth-order valence-electron chi connectivity index (χ4n) is 3.31. The van der Waals surface area contributed by atoms with Crippen LogP contribution in [0.3, 0.4) is 0 Å². The van der Waals surface area contributed by atoms with Crippen LogP contribution in [0.5, 0.6) is 0 Å². The predicted molar refractivity (Wildman–Crippen MR) is 107 cm³/mol. The third-order valence-corrected chi connectivity index (χ3v) is 7.30. The Morgan fingerprint density at radius 1 is 1.07 bits per heavy atom. The molecule has 1 aliphatic heterocycles. The molecule has 0 amide bonds. The van der Waals surface area contributed by atoms with Crippen molar-refractivity contribution in [2.75, 3.05) is 31.1 Å². The van der Waals surface area contributed by atoms with Gasteiger partial charge in [-0.1, -0.05) is 5.16 Å². The first-order chi connectivity index (χ1) is 14.1. The van der Waals surface area contributed by atoms with Crippen molar-refractivity contribution in [3.63, 3.8) is 0 Å². The maximum absolute atomic E-state index is 12.6. The van der Waals surface area contributed by atoms with Gasteiger partial charge in [0.05, 0.1) is 5.69 Å². The van der Waals surface area contributed by atoms with Gasteiger partial charge in [0.1, 0.15) is 17.8 Å². The Morgan fingerprint density at radius 3 is 2.66 bits per heavy atom. The molecule has 0 radical (unpaired) electrons. The molecule has 0 unspecified atom stereocenters. The molecule has 4 aromatic rings. The maximum atomic E-state index is 12.6. The topological polar surface area (TPSA) is 110 Å². The number of sulfonamides is 1. The van der Waals surface area contributed by atoms with Gasteiger partial charge in [0.2, 0.25) is 10.0 Å². The molecule has 0 aromatic carbocycles. The zero-order valence-electron chi connectivity index (χ0n) is 15.2. The summed E-state index contributed by atoms with van der Waals surface area (Å²) in [6.45, 7) is 1.87. The molecule has 12 heteroatoms. The lowest BCUT2D eigenvalue weighted by atomic mass is 10.3. The molecular weight excluding hydrogens is 414 g/mol. The average Bonchev–Trinajstić information content (AvgIpc) is 3.48. The first-order valence-corrected chi connectivity index (χ1v) is 11.5. The SMILES string of the molecule is O=S(=O)(Cc1ccon1)N1CCN(c2ccc3nnc(-c4ccsc4)n3n2)CC1. The Morgan fingerprint density at radius 2 is 1.93 bits per heavy atom. The number of hydrogen-bond acceptors (Lipinski definition) is 9. The number of piperazine rings is 1. The van der Waals surface area contributed by atoms with Gasteiger partial charge in [-0.3, -0.25) is 0 Å². The number of nitrogens with zero attached hydrogens (tertiary/aromatic N) is 7. The molecule has 1 saturated heterocycles. The molecule has 1 aliphatic rings. The lowest BCUT2D eigenvalue weighted by Crippen LogP contribution is -2.49. The van der Waals surface area contributed by atoms with Crippen molar-refractivity contribution in [3.05, 3.63) is 47.0 Å². The molecule has 0 bridgehead atoms. The molecule has 1 fully saturated rings. The molecule has 0 spiro atoms. The Kier molecular flexibility index (Phi) is 4.53. The first kappa shape index (κ1) is 18.2. The van der Waals surface area contributed by atoms with Crippen LogP contribution in [0, 0.1) is 0 Å². The van der Waals surface area contributed by atoms with Crippen molar-refractivity contribution in [3.8, 4) is 11.4 Å². The summed E-state index contributed by atoms with van der Waals surface area (Å²) < 4.78 is 33.2. The maximum Gasteiger partial charge on any atom is 0.220 e. The Hall–Kier alpha value is -2.83. The van der Waals surface area contributed by atoms with E-state index in [1.807, 2.05) is 29.0 Å². The lowest BCUT2D eigenvalue weighted by molar-refractivity contribution is 0.380. The van der Waals surface area contributed by atoms with Gasteiger partial charge < -0.3 is 9.42 Å². The summed E-state index contributed by atoms with van der Waals surface area (Å²) in [5.74, 6) is 1.30. The monoisotopic (exact) mass is 431 g/mol. The number of thiophene rings is 1. The summed E-state index contributed by atoms with van der Waals surface area (Å²) in [6, 6.07) is 7.31. The molecule has 29 heavy (non-hydrogen) atoms. The summed E-state index contributed by atoms with van der Waals surface area (Å²) in [5.41, 5.74) is 2.05. The Labute approximate surface area is 170 Å².